The maximum atomic E-state index is 13.9. The molecule has 7 nitrogen and oxygen atoms in total. The second kappa shape index (κ2) is 8.92. The Bertz CT molecular complexity index is 937. The first-order chi connectivity index (χ1) is 12.7. The number of methoxy groups -OCH3 is 1. The van der Waals surface area contributed by atoms with Crippen LogP contribution in [0.3, 0.4) is 0 Å². The lowest BCUT2D eigenvalue weighted by Crippen LogP contribution is -2.28. The van der Waals surface area contributed by atoms with Gasteiger partial charge in [0.2, 0.25) is 10.0 Å². The molecular weight excluding hydrogens is 399 g/mol. The van der Waals surface area contributed by atoms with Crippen molar-refractivity contribution in [3.05, 3.63) is 52.8 Å². The molecular formula is C17H18ClFN2O5S. The summed E-state index contributed by atoms with van der Waals surface area (Å²) >= 11 is 5.85. The van der Waals surface area contributed by atoms with E-state index in [4.69, 9.17) is 21.1 Å². The molecule has 2 aromatic rings. The van der Waals surface area contributed by atoms with Crippen LogP contribution in [0.15, 0.2) is 36.4 Å². The predicted molar refractivity (Wildman–Crippen MR) is 100 cm³/mol. The highest BCUT2D eigenvalue weighted by atomic mass is 35.5. The zero-order valence-corrected chi connectivity index (χ0v) is 16.2. The molecule has 0 radical (unpaired) electrons. The summed E-state index contributed by atoms with van der Waals surface area (Å²) < 4.78 is 48.7. The molecule has 0 atom stereocenters. The molecule has 2 N–H and O–H groups in total. The zero-order chi connectivity index (χ0) is 20.0. The number of hydrogen-bond donors (Lipinski definition) is 2. The van der Waals surface area contributed by atoms with Crippen molar-refractivity contribution in [3.8, 4) is 11.5 Å². The minimum absolute atomic E-state index is 0.0516. The molecule has 0 aliphatic heterocycles. The molecule has 0 saturated carbocycles. The molecule has 146 valence electrons. The van der Waals surface area contributed by atoms with Crippen LogP contribution in [0, 0.1) is 5.82 Å². The van der Waals surface area contributed by atoms with Crippen molar-refractivity contribution in [1.29, 1.82) is 0 Å². The molecule has 0 aromatic heterocycles. The SMILES string of the molecule is COc1cc(Cl)ccc1OCC(=O)NCc1ccc(NS(C)(=O)=O)c(F)c1. The van der Waals surface area contributed by atoms with Crippen molar-refractivity contribution in [1.82, 2.24) is 5.32 Å². The number of carbonyl (C=O) groups is 1. The lowest BCUT2D eigenvalue weighted by molar-refractivity contribution is -0.123. The summed E-state index contributed by atoms with van der Waals surface area (Å²) in [7, 11) is -2.12. The number of rotatable bonds is 8. The summed E-state index contributed by atoms with van der Waals surface area (Å²) in [5, 5.41) is 3.05. The van der Waals surface area contributed by atoms with Crippen molar-refractivity contribution in [2.45, 2.75) is 6.54 Å². The van der Waals surface area contributed by atoms with E-state index in [-0.39, 0.29) is 18.8 Å². The smallest absolute Gasteiger partial charge is 0.258 e. The Hall–Kier alpha value is -2.52. The van der Waals surface area contributed by atoms with Gasteiger partial charge >= 0.3 is 0 Å². The topological polar surface area (TPSA) is 93.7 Å². The van der Waals surface area contributed by atoms with E-state index < -0.39 is 21.7 Å². The van der Waals surface area contributed by atoms with Gasteiger partial charge in [-0.2, -0.15) is 0 Å². The fourth-order valence-electron chi connectivity index (χ4n) is 2.11. The highest BCUT2D eigenvalue weighted by molar-refractivity contribution is 7.92. The Morgan fingerprint density at radius 3 is 2.56 bits per heavy atom. The zero-order valence-electron chi connectivity index (χ0n) is 14.6. The minimum atomic E-state index is -3.58. The standard InChI is InChI=1S/C17H18ClFN2O5S/c1-25-16-8-12(18)4-6-15(16)26-10-17(22)20-9-11-3-5-14(13(19)7-11)21-27(2,23)24/h3-8,21H,9-10H2,1-2H3,(H,20,22). The van der Waals surface area contributed by atoms with E-state index in [2.05, 4.69) is 10.0 Å². The average Bonchev–Trinajstić information content (AvgIpc) is 2.59. The van der Waals surface area contributed by atoms with Gasteiger partial charge in [0.15, 0.2) is 18.1 Å². The van der Waals surface area contributed by atoms with Gasteiger partial charge in [0.25, 0.3) is 5.91 Å². The molecule has 0 heterocycles. The molecule has 2 rings (SSSR count). The Kier molecular flexibility index (Phi) is 6.86. The first kappa shape index (κ1) is 20.8. The molecule has 0 bridgehead atoms. The number of nitrogens with one attached hydrogen (secondary N) is 2. The monoisotopic (exact) mass is 416 g/mol. The number of anilines is 1. The van der Waals surface area contributed by atoms with Crippen LogP contribution in [-0.2, 0) is 21.4 Å². The van der Waals surface area contributed by atoms with Gasteiger partial charge in [0.05, 0.1) is 19.1 Å². The second-order valence-electron chi connectivity index (χ2n) is 5.55. The van der Waals surface area contributed by atoms with Crippen LogP contribution >= 0.6 is 11.6 Å². The first-order valence-corrected chi connectivity index (χ1v) is 9.94. The van der Waals surface area contributed by atoms with Gasteiger partial charge < -0.3 is 14.8 Å². The van der Waals surface area contributed by atoms with Gasteiger partial charge in [-0.25, -0.2) is 12.8 Å². The number of halogens is 2. The summed E-state index contributed by atoms with van der Waals surface area (Å²) in [4.78, 5) is 11.9. The number of ether oxygens (including phenoxy) is 2. The van der Waals surface area contributed by atoms with Gasteiger partial charge in [-0.05, 0) is 29.8 Å². The van der Waals surface area contributed by atoms with E-state index in [1.165, 1.54) is 19.2 Å². The minimum Gasteiger partial charge on any atom is -0.493 e. The largest absolute Gasteiger partial charge is 0.493 e. The van der Waals surface area contributed by atoms with E-state index in [1.54, 1.807) is 18.2 Å². The third-order valence-electron chi connectivity index (χ3n) is 3.30. The normalized spacial score (nSPS) is 11.0. The molecule has 0 unspecified atom stereocenters. The Balaban J connectivity index is 1.89. The quantitative estimate of drug-likeness (QED) is 0.689. The van der Waals surface area contributed by atoms with E-state index in [0.717, 1.165) is 12.3 Å². The summed E-state index contributed by atoms with van der Waals surface area (Å²) in [6.45, 7) is -0.218. The lowest BCUT2D eigenvalue weighted by Gasteiger charge is -2.11. The van der Waals surface area contributed by atoms with E-state index in [0.29, 0.717) is 22.1 Å². The van der Waals surface area contributed by atoms with Crippen LogP contribution in [-0.4, -0.2) is 34.3 Å². The van der Waals surface area contributed by atoms with Gasteiger partial charge in [-0.3, -0.25) is 9.52 Å². The van der Waals surface area contributed by atoms with E-state index in [9.17, 15) is 17.6 Å². The number of benzene rings is 2. The molecule has 2 aromatic carbocycles. The number of amides is 1. The third kappa shape index (κ3) is 6.61. The number of sulfonamides is 1. The Morgan fingerprint density at radius 1 is 1.19 bits per heavy atom. The van der Waals surface area contributed by atoms with Gasteiger partial charge in [-0.15, -0.1) is 0 Å². The van der Waals surface area contributed by atoms with Crippen LogP contribution in [0.2, 0.25) is 5.02 Å². The molecule has 0 aliphatic carbocycles. The fraction of sp³-hybridized carbons (Fsp3) is 0.235. The second-order valence-corrected chi connectivity index (χ2v) is 7.73. The third-order valence-corrected chi connectivity index (χ3v) is 4.13. The van der Waals surface area contributed by atoms with Crippen LogP contribution in [0.5, 0.6) is 11.5 Å². The number of carbonyl (C=O) groups excluding carboxylic acids is 1. The Labute approximate surface area is 161 Å². The molecule has 0 aliphatic rings. The average molecular weight is 417 g/mol. The Morgan fingerprint density at radius 2 is 1.93 bits per heavy atom. The van der Waals surface area contributed by atoms with Crippen molar-refractivity contribution < 1.29 is 27.1 Å². The summed E-state index contributed by atoms with van der Waals surface area (Å²) in [5.41, 5.74) is 0.301. The van der Waals surface area contributed by atoms with Gasteiger partial charge in [0.1, 0.15) is 5.82 Å². The molecule has 0 fully saturated rings. The van der Waals surface area contributed by atoms with Crippen molar-refractivity contribution in [2.24, 2.45) is 0 Å². The number of hydrogen-bond acceptors (Lipinski definition) is 5. The summed E-state index contributed by atoms with van der Waals surface area (Å²) in [6, 6.07) is 8.66. The molecule has 10 heteroatoms. The molecule has 0 saturated heterocycles. The van der Waals surface area contributed by atoms with Crippen LogP contribution in [0.1, 0.15) is 5.56 Å². The summed E-state index contributed by atoms with van der Waals surface area (Å²) in [5.74, 6) is -0.411. The molecule has 27 heavy (non-hydrogen) atoms. The molecule has 0 spiro atoms. The maximum absolute atomic E-state index is 13.9. The predicted octanol–water partition coefficient (Wildman–Crippen LogP) is 2.55. The van der Waals surface area contributed by atoms with Crippen LogP contribution in [0.4, 0.5) is 10.1 Å². The van der Waals surface area contributed by atoms with Crippen molar-refractivity contribution >= 4 is 33.2 Å². The van der Waals surface area contributed by atoms with Crippen LogP contribution < -0.4 is 19.5 Å². The lowest BCUT2D eigenvalue weighted by atomic mass is 10.2. The molecule has 1 amide bonds. The maximum Gasteiger partial charge on any atom is 0.258 e. The fourth-order valence-corrected chi connectivity index (χ4v) is 2.83. The van der Waals surface area contributed by atoms with Crippen LogP contribution in [0.25, 0.3) is 0 Å². The summed E-state index contributed by atoms with van der Waals surface area (Å²) in [6.07, 6.45) is 0.927. The van der Waals surface area contributed by atoms with Gasteiger partial charge in [0, 0.05) is 17.6 Å². The van der Waals surface area contributed by atoms with Crippen molar-refractivity contribution in [3.63, 3.8) is 0 Å². The highest BCUT2D eigenvalue weighted by Gasteiger charge is 2.10. The van der Waals surface area contributed by atoms with E-state index in [1.807, 2.05) is 0 Å². The van der Waals surface area contributed by atoms with E-state index >= 15 is 0 Å². The van der Waals surface area contributed by atoms with Crippen molar-refractivity contribution in [2.75, 3.05) is 24.7 Å². The first-order valence-electron chi connectivity index (χ1n) is 7.67. The van der Waals surface area contributed by atoms with Gasteiger partial charge in [-0.1, -0.05) is 17.7 Å². The highest BCUT2D eigenvalue weighted by Crippen LogP contribution is 2.29.